The fourth-order valence-electron chi connectivity index (χ4n) is 4.45. The maximum Gasteiger partial charge on any atom is 0.416 e. The Kier molecular flexibility index (Phi) is 5.99. The number of methoxy groups -OCH3 is 1. The van der Waals surface area contributed by atoms with Gasteiger partial charge in [-0.1, -0.05) is 42.5 Å². The van der Waals surface area contributed by atoms with E-state index in [-0.39, 0.29) is 23.4 Å². The minimum Gasteiger partial charge on any atom is -0.503 e. The number of aliphatic hydroxyl groups is 1. The number of ketones is 1. The van der Waals surface area contributed by atoms with E-state index < -0.39 is 35.2 Å². The van der Waals surface area contributed by atoms with Crippen LogP contribution in [0.25, 0.3) is 11.0 Å². The Morgan fingerprint density at radius 3 is 2.43 bits per heavy atom. The van der Waals surface area contributed by atoms with E-state index in [1.54, 1.807) is 48.5 Å². The number of Topliss-reactive ketones (excluding diaryl/α,β-unsaturated/α-hetero) is 1. The number of rotatable bonds is 6. The van der Waals surface area contributed by atoms with E-state index in [1.165, 1.54) is 30.2 Å². The second-order valence-electron chi connectivity index (χ2n) is 8.55. The molecular formula is C28H20F3NO5. The van der Waals surface area contributed by atoms with Gasteiger partial charge in [0.05, 0.1) is 24.3 Å². The number of nitrogens with zero attached hydrogens (tertiary/aromatic N) is 1. The lowest BCUT2D eigenvalue weighted by atomic mass is 9.94. The van der Waals surface area contributed by atoms with Gasteiger partial charge < -0.3 is 19.2 Å². The Morgan fingerprint density at radius 2 is 1.76 bits per heavy atom. The van der Waals surface area contributed by atoms with Crippen molar-refractivity contribution in [3.05, 3.63) is 113 Å². The number of para-hydroxylation sites is 1. The van der Waals surface area contributed by atoms with Crippen molar-refractivity contribution in [2.75, 3.05) is 7.11 Å². The average Bonchev–Trinajstić information content (AvgIpc) is 3.43. The molecule has 5 rings (SSSR count). The van der Waals surface area contributed by atoms with Gasteiger partial charge in [-0.25, -0.2) is 0 Å². The quantitative estimate of drug-likeness (QED) is 0.313. The molecule has 3 aromatic carbocycles. The Bertz CT molecular complexity index is 1500. The molecule has 1 atom stereocenters. The second-order valence-corrected chi connectivity index (χ2v) is 8.55. The predicted molar refractivity (Wildman–Crippen MR) is 128 cm³/mol. The van der Waals surface area contributed by atoms with Crippen molar-refractivity contribution < 1.29 is 37.0 Å². The molecule has 4 aromatic rings. The molecule has 0 saturated carbocycles. The molecule has 1 N–H and O–H groups in total. The molecule has 9 heteroatoms. The van der Waals surface area contributed by atoms with Crippen molar-refractivity contribution in [3.8, 4) is 5.75 Å². The van der Waals surface area contributed by atoms with Gasteiger partial charge in [0.2, 0.25) is 5.78 Å². The first kappa shape index (κ1) is 24.2. The number of furan rings is 1. The number of hydrogen-bond acceptors (Lipinski definition) is 5. The first-order valence-electron chi connectivity index (χ1n) is 11.2. The molecular weight excluding hydrogens is 487 g/mol. The van der Waals surface area contributed by atoms with Crippen LogP contribution in [0.3, 0.4) is 0 Å². The first-order valence-corrected chi connectivity index (χ1v) is 11.2. The van der Waals surface area contributed by atoms with Gasteiger partial charge in [-0.05, 0) is 47.5 Å². The maximum atomic E-state index is 13.6. The van der Waals surface area contributed by atoms with Crippen LogP contribution in [0.1, 0.15) is 33.3 Å². The molecule has 37 heavy (non-hydrogen) atoms. The molecule has 1 aliphatic heterocycles. The van der Waals surface area contributed by atoms with Crippen molar-refractivity contribution in [2.45, 2.75) is 18.8 Å². The van der Waals surface area contributed by atoms with E-state index in [1.807, 2.05) is 0 Å². The summed E-state index contributed by atoms with van der Waals surface area (Å²) in [7, 11) is 1.48. The number of carbonyl (C=O) groups excluding carboxylic acids is 2. The van der Waals surface area contributed by atoms with Gasteiger partial charge in [0.15, 0.2) is 11.5 Å². The van der Waals surface area contributed by atoms with Gasteiger partial charge in [0.25, 0.3) is 5.91 Å². The zero-order valence-electron chi connectivity index (χ0n) is 19.5. The van der Waals surface area contributed by atoms with Gasteiger partial charge in [0.1, 0.15) is 11.3 Å². The number of hydrogen-bond donors (Lipinski definition) is 1. The molecule has 1 aliphatic rings. The van der Waals surface area contributed by atoms with E-state index in [2.05, 4.69) is 0 Å². The Balaban J connectivity index is 1.58. The van der Waals surface area contributed by atoms with Crippen LogP contribution in [0, 0.1) is 0 Å². The van der Waals surface area contributed by atoms with Gasteiger partial charge >= 0.3 is 6.18 Å². The molecule has 6 nitrogen and oxygen atoms in total. The summed E-state index contributed by atoms with van der Waals surface area (Å²) in [5.74, 6) is -1.91. The highest BCUT2D eigenvalue weighted by Gasteiger charge is 2.44. The number of fused-ring (bicyclic) bond motifs is 1. The highest BCUT2D eigenvalue weighted by Crippen LogP contribution is 2.41. The Labute approximate surface area is 209 Å². The highest BCUT2D eigenvalue weighted by molar-refractivity contribution is 6.16. The summed E-state index contributed by atoms with van der Waals surface area (Å²) in [5, 5.41) is 11.5. The van der Waals surface area contributed by atoms with Crippen LogP contribution in [0.15, 0.2) is 94.6 Å². The maximum absolute atomic E-state index is 13.6. The summed E-state index contributed by atoms with van der Waals surface area (Å²) in [6, 6.07) is 18.5. The van der Waals surface area contributed by atoms with Crippen molar-refractivity contribution in [2.24, 2.45) is 0 Å². The van der Waals surface area contributed by atoms with Gasteiger partial charge in [-0.3, -0.25) is 9.59 Å². The lowest BCUT2D eigenvalue weighted by Gasteiger charge is -2.27. The van der Waals surface area contributed by atoms with Crippen LogP contribution in [0.2, 0.25) is 0 Å². The van der Waals surface area contributed by atoms with E-state index in [4.69, 9.17) is 9.15 Å². The summed E-state index contributed by atoms with van der Waals surface area (Å²) < 4.78 is 50.7. The first-order chi connectivity index (χ1) is 17.7. The number of benzene rings is 3. The normalized spacial score (nSPS) is 16.1. The number of halogens is 3. The van der Waals surface area contributed by atoms with Crippen molar-refractivity contribution in [1.82, 2.24) is 4.90 Å². The molecule has 0 spiro atoms. The third kappa shape index (κ3) is 4.44. The molecule has 1 amide bonds. The van der Waals surface area contributed by atoms with Crippen LogP contribution >= 0.6 is 0 Å². The largest absolute Gasteiger partial charge is 0.503 e. The Morgan fingerprint density at radius 1 is 1.03 bits per heavy atom. The fraction of sp³-hybridized carbons (Fsp3) is 0.143. The number of alkyl halides is 3. The summed E-state index contributed by atoms with van der Waals surface area (Å²) >= 11 is 0. The average molecular weight is 507 g/mol. The number of ether oxygens (including phenoxy) is 1. The topological polar surface area (TPSA) is 80.0 Å². The summed E-state index contributed by atoms with van der Waals surface area (Å²) in [6.45, 7) is -0.277. The van der Waals surface area contributed by atoms with Gasteiger partial charge in [-0.2, -0.15) is 13.2 Å². The zero-order chi connectivity index (χ0) is 26.3. The molecule has 0 aliphatic carbocycles. The second kappa shape index (κ2) is 9.16. The van der Waals surface area contributed by atoms with Gasteiger partial charge in [0, 0.05) is 11.9 Å². The smallest absolute Gasteiger partial charge is 0.416 e. The van der Waals surface area contributed by atoms with Crippen LogP contribution in [0.4, 0.5) is 13.2 Å². The van der Waals surface area contributed by atoms with E-state index >= 15 is 0 Å². The third-order valence-corrected chi connectivity index (χ3v) is 6.24. The fourth-order valence-corrected chi connectivity index (χ4v) is 4.45. The molecule has 1 aromatic heterocycles. The monoisotopic (exact) mass is 507 g/mol. The highest BCUT2D eigenvalue weighted by atomic mass is 19.4. The lowest BCUT2D eigenvalue weighted by molar-refractivity contribution is -0.137. The molecule has 0 fully saturated rings. The molecule has 0 radical (unpaired) electrons. The Hall–Kier alpha value is -4.53. The third-order valence-electron chi connectivity index (χ3n) is 6.24. The van der Waals surface area contributed by atoms with Gasteiger partial charge in [-0.15, -0.1) is 0 Å². The van der Waals surface area contributed by atoms with Crippen LogP contribution in [0.5, 0.6) is 5.75 Å². The van der Waals surface area contributed by atoms with Crippen molar-refractivity contribution >= 4 is 22.7 Å². The summed E-state index contributed by atoms with van der Waals surface area (Å²) in [4.78, 5) is 28.0. The van der Waals surface area contributed by atoms with E-state index in [0.29, 0.717) is 22.3 Å². The number of amides is 1. The SMILES string of the molecule is COc1ccc(C2C(C(=O)c3cc4ccccc4o3)=C(O)C(=O)N2Cc2cccc(C(F)(F)F)c2)cc1. The van der Waals surface area contributed by atoms with E-state index in [9.17, 15) is 27.9 Å². The standard InChI is InChI=1S/C28H20F3NO5/c1-36-20-11-9-17(10-12-20)24-23(25(33)22-14-18-6-2-3-8-21(18)37-22)26(34)27(35)32(24)15-16-5-4-7-19(13-16)28(29,30)31/h2-14,24,34H,15H2,1H3. The summed E-state index contributed by atoms with van der Waals surface area (Å²) in [5.41, 5.74) is 0.0169. The number of aliphatic hydroxyl groups excluding tert-OH is 1. The van der Waals surface area contributed by atoms with Crippen LogP contribution in [-0.4, -0.2) is 28.8 Å². The molecule has 0 bridgehead atoms. The van der Waals surface area contributed by atoms with Crippen molar-refractivity contribution in [1.29, 1.82) is 0 Å². The minimum absolute atomic E-state index is 0.0741. The van der Waals surface area contributed by atoms with Crippen molar-refractivity contribution in [3.63, 3.8) is 0 Å². The molecule has 188 valence electrons. The minimum atomic E-state index is -4.57. The molecule has 1 unspecified atom stereocenters. The van der Waals surface area contributed by atoms with Crippen LogP contribution in [-0.2, 0) is 17.5 Å². The van der Waals surface area contributed by atoms with E-state index in [0.717, 1.165) is 12.1 Å². The molecule has 0 saturated heterocycles. The molecule has 2 heterocycles. The predicted octanol–water partition coefficient (Wildman–Crippen LogP) is 6.24. The zero-order valence-corrected chi connectivity index (χ0v) is 19.5. The summed E-state index contributed by atoms with van der Waals surface area (Å²) in [6.07, 6.45) is -4.57. The van der Waals surface area contributed by atoms with Crippen LogP contribution < -0.4 is 4.74 Å². The number of carbonyl (C=O) groups is 2. The lowest BCUT2D eigenvalue weighted by Crippen LogP contribution is -2.30.